The molecule has 0 saturated heterocycles. The number of carboxylic acid groups (broad SMARTS) is 1. The summed E-state index contributed by atoms with van der Waals surface area (Å²) in [7, 11) is 0. The molecule has 0 spiro atoms. The van der Waals surface area contributed by atoms with Crippen LogP contribution >= 0.6 is 67.8 Å². The molecular formula is C3H3CdI3O2. The molecule has 0 fully saturated rings. The minimum atomic E-state index is -0.747. The molecule has 0 aromatic carbocycles. The van der Waals surface area contributed by atoms with Crippen molar-refractivity contribution in [3.05, 3.63) is 0 Å². The third-order valence-electron chi connectivity index (χ3n) is 0.352. The van der Waals surface area contributed by atoms with E-state index < -0.39 is 5.97 Å². The summed E-state index contributed by atoms with van der Waals surface area (Å²) in [6.07, 6.45) is 0.203. The number of hydrogen-bond acceptors (Lipinski definition) is 1. The van der Waals surface area contributed by atoms with Crippen LogP contribution in [-0.4, -0.2) is 10.5 Å². The summed E-state index contributed by atoms with van der Waals surface area (Å²) in [5.41, 5.74) is 0. The van der Waals surface area contributed by atoms with Gasteiger partial charge in [-0.2, -0.15) is 0 Å². The molecule has 0 heterocycles. The van der Waals surface area contributed by atoms with Gasteiger partial charge in [0.2, 0.25) is 0 Å². The van der Waals surface area contributed by atoms with Crippen molar-refractivity contribution in [2.45, 2.75) is 5.86 Å². The van der Waals surface area contributed by atoms with Crippen LogP contribution in [0.15, 0.2) is 0 Å². The van der Waals surface area contributed by atoms with Crippen LogP contribution in [0.3, 0.4) is 0 Å². The number of hydrogen-bond donors (Lipinski definition) is 1. The van der Waals surface area contributed by atoms with Crippen molar-refractivity contribution in [2.24, 2.45) is 0 Å². The van der Waals surface area contributed by atoms with Gasteiger partial charge in [0, 0.05) is 27.3 Å². The molecule has 0 saturated carbocycles. The quantitative estimate of drug-likeness (QED) is 0.318. The van der Waals surface area contributed by atoms with Gasteiger partial charge in [-0.1, -0.05) is 67.8 Å². The van der Waals surface area contributed by atoms with Crippen molar-refractivity contribution in [1.82, 2.24) is 0 Å². The van der Waals surface area contributed by atoms with Crippen molar-refractivity contribution in [2.75, 3.05) is 0 Å². The van der Waals surface area contributed by atoms with Gasteiger partial charge in [-0.05, 0) is 0 Å². The van der Waals surface area contributed by atoms with Gasteiger partial charge in [-0.25, -0.2) is 0 Å². The molecule has 0 aliphatic rings. The number of carbonyl (C=O) groups is 1. The molecule has 0 aromatic heterocycles. The SMILES string of the molecule is O=C(O)CC(I)(I)I.[Cd]. The molecule has 9 heavy (non-hydrogen) atoms. The molecule has 0 radical (unpaired) electrons. The standard InChI is InChI=1S/C3H3I3O2.Cd/c4-3(5,6)1-2(7)8;/h1H2,(H,7,8);. The van der Waals surface area contributed by atoms with Gasteiger partial charge in [0.15, 0.2) is 0 Å². The third kappa shape index (κ3) is 13.6. The topological polar surface area (TPSA) is 37.3 Å². The van der Waals surface area contributed by atoms with Crippen LogP contribution in [0.2, 0.25) is 0 Å². The van der Waals surface area contributed by atoms with Gasteiger partial charge in [0.1, 0.15) is -0.565 Å². The molecule has 50 valence electrons. The van der Waals surface area contributed by atoms with Crippen molar-refractivity contribution in [1.29, 1.82) is 0 Å². The van der Waals surface area contributed by atoms with Crippen molar-refractivity contribution >= 4 is 73.7 Å². The number of rotatable bonds is 2. The van der Waals surface area contributed by atoms with E-state index in [9.17, 15) is 4.79 Å². The Morgan fingerprint density at radius 1 is 1.44 bits per heavy atom. The Balaban J connectivity index is 0. The maximum Gasteiger partial charge on any atom is 0.306 e. The number of halogens is 3. The van der Waals surface area contributed by atoms with Crippen LogP contribution < -0.4 is 0 Å². The minimum Gasteiger partial charge on any atom is -0.481 e. The molecule has 6 heteroatoms. The Labute approximate surface area is 114 Å². The molecule has 0 amide bonds. The van der Waals surface area contributed by atoms with E-state index in [2.05, 4.69) is 67.8 Å². The zero-order chi connectivity index (χ0) is 6.78. The first-order valence-electron chi connectivity index (χ1n) is 1.70. The van der Waals surface area contributed by atoms with Crippen LogP contribution in [0.25, 0.3) is 0 Å². The number of aliphatic carboxylic acids is 1. The third-order valence-corrected chi connectivity index (χ3v) is 1.50. The van der Waals surface area contributed by atoms with Crippen molar-refractivity contribution in [3.63, 3.8) is 0 Å². The Kier molecular flexibility index (Phi) is 9.63. The Morgan fingerprint density at radius 2 is 1.78 bits per heavy atom. The van der Waals surface area contributed by atoms with Gasteiger partial charge in [-0.3, -0.25) is 4.79 Å². The van der Waals surface area contributed by atoms with Gasteiger partial charge >= 0.3 is 5.97 Å². The molecule has 1 N–H and O–H groups in total. The van der Waals surface area contributed by atoms with E-state index >= 15 is 0 Å². The van der Waals surface area contributed by atoms with Gasteiger partial charge < -0.3 is 5.11 Å². The first-order valence-corrected chi connectivity index (χ1v) is 4.94. The first-order chi connectivity index (χ1) is 3.42. The molecule has 0 aliphatic carbocycles. The van der Waals surface area contributed by atoms with Crippen molar-refractivity contribution in [3.8, 4) is 0 Å². The fourth-order valence-corrected chi connectivity index (χ4v) is 1.15. The molecule has 0 rings (SSSR count). The summed E-state index contributed by atoms with van der Waals surface area (Å²) in [5, 5.41) is 8.23. The molecular weight excluding hydrogens is 561 g/mol. The molecule has 2 nitrogen and oxygen atoms in total. The normalized spacial score (nSPS) is 10.1. The minimum absolute atomic E-state index is 0. The fraction of sp³-hybridized carbons (Fsp3) is 0.667. The molecule has 0 aromatic rings. The van der Waals surface area contributed by atoms with Crippen LogP contribution in [0.4, 0.5) is 0 Å². The van der Waals surface area contributed by atoms with Crippen LogP contribution in [0, 0.1) is 0 Å². The van der Waals surface area contributed by atoms with E-state index in [-0.39, 0.29) is 33.2 Å². The van der Waals surface area contributed by atoms with E-state index in [4.69, 9.17) is 5.11 Å². The fourth-order valence-electron chi connectivity index (χ4n) is 0.171. The van der Waals surface area contributed by atoms with Crippen LogP contribution in [-0.2, 0) is 32.1 Å². The summed E-state index contributed by atoms with van der Waals surface area (Å²) in [6, 6.07) is 0. The summed E-state index contributed by atoms with van der Waals surface area (Å²) in [5.74, 6) is -0.747. The van der Waals surface area contributed by atoms with E-state index in [1.807, 2.05) is 0 Å². The summed E-state index contributed by atoms with van der Waals surface area (Å²) < 4.78 is -0.168. The maximum atomic E-state index is 10.0. The predicted octanol–water partition coefficient (Wildman–Crippen LogP) is 2.42. The first kappa shape index (κ1) is 14.1. The van der Waals surface area contributed by atoms with E-state index in [1.165, 1.54) is 0 Å². The van der Waals surface area contributed by atoms with Gasteiger partial charge in [-0.15, -0.1) is 0 Å². The second-order valence-corrected chi connectivity index (χ2v) is 12.9. The molecule has 0 bridgehead atoms. The maximum absolute atomic E-state index is 10.0. The molecule has 0 atom stereocenters. The average Bonchev–Trinajstić information content (AvgIpc) is 1.21. The summed E-state index contributed by atoms with van der Waals surface area (Å²) in [4.78, 5) is 10.0. The van der Waals surface area contributed by atoms with Gasteiger partial charge in [0.05, 0.1) is 6.42 Å². The van der Waals surface area contributed by atoms with E-state index in [1.54, 1.807) is 0 Å². The number of alkyl halides is 3. The van der Waals surface area contributed by atoms with Crippen molar-refractivity contribution < 1.29 is 37.2 Å². The zero-order valence-electron chi connectivity index (χ0n) is 4.40. The predicted molar refractivity (Wildman–Crippen MR) is 57.0 cm³/mol. The van der Waals surface area contributed by atoms with E-state index in [0.717, 1.165) is 0 Å². The summed E-state index contributed by atoms with van der Waals surface area (Å²) in [6.45, 7) is 0. The van der Waals surface area contributed by atoms with Crippen LogP contribution in [0.5, 0.6) is 0 Å². The van der Waals surface area contributed by atoms with E-state index in [0.29, 0.717) is 0 Å². The smallest absolute Gasteiger partial charge is 0.306 e. The second kappa shape index (κ2) is 6.14. The summed E-state index contributed by atoms with van der Waals surface area (Å²) >= 11 is 6.25. The Morgan fingerprint density at radius 3 is 1.78 bits per heavy atom. The molecule has 0 unspecified atom stereocenters. The van der Waals surface area contributed by atoms with Gasteiger partial charge in [0.25, 0.3) is 0 Å². The largest absolute Gasteiger partial charge is 0.481 e. The Hall–Kier alpha value is 2.58. The average molecular weight is 564 g/mol. The van der Waals surface area contributed by atoms with Crippen LogP contribution in [0.1, 0.15) is 6.42 Å². The Bertz CT molecular complexity index is 99.7. The second-order valence-electron chi connectivity index (χ2n) is 1.19. The zero-order valence-corrected chi connectivity index (χ0v) is 14.9. The monoisotopic (exact) mass is 566 g/mol. The molecule has 0 aliphatic heterocycles. The number of carboxylic acids is 1.